The van der Waals surface area contributed by atoms with Crippen LogP contribution in [0.5, 0.6) is 0 Å². The molecule has 22 heavy (non-hydrogen) atoms. The Morgan fingerprint density at radius 2 is 1.95 bits per heavy atom. The third-order valence-corrected chi connectivity index (χ3v) is 5.66. The van der Waals surface area contributed by atoms with Crippen molar-refractivity contribution in [2.75, 3.05) is 6.61 Å². The highest BCUT2D eigenvalue weighted by Gasteiger charge is 2.40. The van der Waals surface area contributed by atoms with E-state index in [1.54, 1.807) is 12.1 Å². The molecule has 0 spiro atoms. The quantitative estimate of drug-likeness (QED) is 0.583. The second kappa shape index (κ2) is 6.59. The summed E-state index contributed by atoms with van der Waals surface area (Å²) in [5, 5.41) is 0.715. The van der Waals surface area contributed by atoms with E-state index in [1.807, 2.05) is 0 Å². The lowest BCUT2D eigenvalue weighted by atomic mass is 9.86. The molecule has 5 heteroatoms. The third kappa shape index (κ3) is 3.47. The summed E-state index contributed by atoms with van der Waals surface area (Å²) >= 11 is 11.7. The summed E-state index contributed by atoms with van der Waals surface area (Å²) < 4.78 is 5.13. The van der Waals surface area contributed by atoms with Gasteiger partial charge in [0.1, 0.15) is 0 Å². The van der Waals surface area contributed by atoms with Crippen LogP contribution in [0.2, 0.25) is 10.0 Å². The van der Waals surface area contributed by atoms with Gasteiger partial charge in [-0.05, 0) is 55.2 Å². The number of halogens is 2. The van der Waals surface area contributed by atoms with Gasteiger partial charge in [0.25, 0.3) is 0 Å². The van der Waals surface area contributed by atoms with Gasteiger partial charge < -0.3 is 4.74 Å². The summed E-state index contributed by atoms with van der Waals surface area (Å²) in [6.07, 6.45) is 5.40. The van der Waals surface area contributed by atoms with Crippen molar-refractivity contribution in [3.63, 3.8) is 0 Å². The molecule has 2 saturated carbocycles. The second-order valence-electron chi connectivity index (χ2n) is 6.35. The van der Waals surface area contributed by atoms with Crippen molar-refractivity contribution in [1.82, 2.24) is 0 Å². The van der Waals surface area contributed by atoms with Crippen LogP contribution in [-0.2, 0) is 9.53 Å². The molecule has 3 rings (SSSR count). The van der Waals surface area contributed by atoms with Crippen LogP contribution < -0.4 is 0 Å². The Kier molecular flexibility index (Phi) is 4.74. The largest absolute Gasteiger partial charge is 0.457 e. The molecule has 0 saturated heterocycles. The van der Waals surface area contributed by atoms with E-state index < -0.39 is 0 Å². The molecule has 2 aliphatic carbocycles. The summed E-state index contributed by atoms with van der Waals surface area (Å²) in [5.74, 6) is 1.40. The fraction of sp³-hybridized carbons (Fsp3) is 0.529. The van der Waals surface area contributed by atoms with Gasteiger partial charge in [-0.15, -0.1) is 0 Å². The SMILES string of the molecule is O=C(CC1CC2CCC1C2)OCC(=O)c1ccc(Cl)c(Cl)c1. The van der Waals surface area contributed by atoms with Gasteiger partial charge in [-0.25, -0.2) is 0 Å². The molecule has 0 aromatic heterocycles. The minimum Gasteiger partial charge on any atom is -0.457 e. The number of ketones is 1. The van der Waals surface area contributed by atoms with Gasteiger partial charge in [-0.3, -0.25) is 9.59 Å². The maximum atomic E-state index is 12.0. The number of hydrogen-bond acceptors (Lipinski definition) is 3. The number of ether oxygens (including phenoxy) is 1. The first-order chi connectivity index (χ1) is 10.5. The Bertz CT molecular complexity index is 600. The molecule has 2 fully saturated rings. The number of fused-ring (bicyclic) bond motifs is 2. The van der Waals surface area contributed by atoms with Crippen LogP contribution in [0.25, 0.3) is 0 Å². The summed E-state index contributed by atoms with van der Waals surface area (Å²) in [6, 6.07) is 4.64. The van der Waals surface area contributed by atoms with Crippen molar-refractivity contribution in [2.24, 2.45) is 17.8 Å². The summed E-state index contributed by atoms with van der Waals surface area (Å²) in [5.41, 5.74) is 0.405. The molecule has 0 heterocycles. The lowest BCUT2D eigenvalue weighted by molar-refractivity contribution is -0.144. The predicted octanol–water partition coefficient (Wildman–Crippen LogP) is 4.55. The van der Waals surface area contributed by atoms with Gasteiger partial charge in [0.2, 0.25) is 0 Å². The van der Waals surface area contributed by atoms with Crippen LogP contribution >= 0.6 is 23.2 Å². The zero-order valence-corrected chi connectivity index (χ0v) is 13.7. The smallest absolute Gasteiger partial charge is 0.306 e. The zero-order chi connectivity index (χ0) is 15.7. The molecule has 0 radical (unpaired) electrons. The van der Waals surface area contributed by atoms with Crippen LogP contribution in [0.1, 0.15) is 42.5 Å². The van der Waals surface area contributed by atoms with E-state index in [0.717, 1.165) is 12.3 Å². The molecule has 0 N–H and O–H groups in total. The van der Waals surface area contributed by atoms with Crippen molar-refractivity contribution >= 4 is 35.0 Å². The summed E-state index contributed by atoms with van der Waals surface area (Å²) in [4.78, 5) is 23.9. The maximum Gasteiger partial charge on any atom is 0.306 e. The van der Waals surface area contributed by atoms with Gasteiger partial charge in [0.05, 0.1) is 10.0 Å². The molecule has 2 aliphatic rings. The van der Waals surface area contributed by atoms with E-state index >= 15 is 0 Å². The van der Waals surface area contributed by atoms with Crippen molar-refractivity contribution in [3.05, 3.63) is 33.8 Å². The predicted molar refractivity (Wildman–Crippen MR) is 85.3 cm³/mol. The first kappa shape index (κ1) is 15.8. The molecule has 2 bridgehead atoms. The number of esters is 1. The average Bonchev–Trinajstić information content (AvgIpc) is 3.10. The van der Waals surface area contributed by atoms with E-state index in [0.29, 0.717) is 33.9 Å². The Morgan fingerprint density at radius 3 is 2.59 bits per heavy atom. The van der Waals surface area contributed by atoms with Crippen LogP contribution in [0.15, 0.2) is 18.2 Å². The standard InChI is InChI=1S/C17H18Cl2O3/c18-14-4-3-12(7-15(14)19)16(20)9-22-17(21)8-13-6-10-1-2-11(13)5-10/h3-4,7,10-11,13H,1-2,5-6,8-9H2. The van der Waals surface area contributed by atoms with Gasteiger partial charge in [0, 0.05) is 12.0 Å². The molecule has 0 aliphatic heterocycles. The monoisotopic (exact) mass is 340 g/mol. The summed E-state index contributed by atoms with van der Waals surface area (Å²) in [6.45, 7) is -0.238. The number of benzene rings is 1. The van der Waals surface area contributed by atoms with Gasteiger partial charge in [-0.1, -0.05) is 29.6 Å². The molecule has 1 aromatic rings. The Hall–Kier alpha value is -1.06. The number of carbonyl (C=O) groups is 2. The molecule has 3 nitrogen and oxygen atoms in total. The molecule has 3 unspecified atom stereocenters. The zero-order valence-electron chi connectivity index (χ0n) is 12.2. The van der Waals surface area contributed by atoms with E-state index in [2.05, 4.69) is 0 Å². The molecule has 0 amide bonds. The van der Waals surface area contributed by atoms with Crippen LogP contribution in [0, 0.1) is 17.8 Å². The number of carbonyl (C=O) groups excluding carboxylic acids is 2. The van der Waals surface area contributed by atoms with Crippen LogP contribution in [0.3, 0.4) is 0 Å². The van der Waals surface area contributed by atoms with Gasteiger partial charge in [-0.2, -0.15) is 0 Å². The van der Waals surface area contributed by atoms with E-state index in [1.165, 1.54) is 25.3 Å². The number of rotatable bonds is 5. The molecular weight excluding hydrogens is 323 g/mol. The van der Waals surface area contributed by atoms with Crippen molar-refractivity contribution in [2.45, 2.75) is 32.1 Å². The lowest BCUT2D eigenvalue weighted by Crippen LogP contribution is -2.19. The van der Waals surface area contributed by atoms with Crippen LogP contribution in [0.4, 0.5) is 0 Å². The minimum absolute atomic E-state index is 0.238. The number of hydrogen-bond donors (Lipinski definition) is 0. The first-order valence-electron chi connectivity index (χ1n) is 7.67. The molecule has 3 atom stereocenters. The van der Waals surface area contributed by atoms with E-state index in [9.17, 15) is 9.59 Å². The minimum atomic E-state index is -0.272. The maximum absolute atomic E-state index is 12.0. The fourth-order valence-electron chi connectivity index (χ4n) is 3.80. The number of Topliss-reactive ketones (excluding diaryl/α,β-unsaturated/α-hetero) is 1. The fourth-order valence-corrected chi connectivity index (χ4v) is 4.10. The normalized spacial score (nSPS) is 26.2. The van der Waals surface area contributed by atoms with Gasteiger partial charge in [0.15, 0.2) is 12.4 Å². The molecular formula is C17H18Cl2O3. The van der Waals surface area contributed by atoms with Crippen molar-refractivity contribution in [1.29, 1.82) is 0 Å². The highest BCUT2D eigenvalue weighted by atomic mass is 35.5. The molecule has 118 valence electrons. The third-order valence-electron chi connectivity index (χ3n) is 4.92. The van der Waals surface area contributed by atoms with Crippen LogP contribution in [-0.4, -0.2) is 18.4 Å². The first-order valence-corrected chi connectivity index (χ1v) is 8.42. The average molecular weight is 341 g/mol. The van der Waals surface area contributed by atoms with E-state index in [-0.39, 0.29) is 18.4 Å². The molecule has 1 aromatic carbocycles. The lowest BCUT2D eigenvalue weighted by Gasteiger charge is -2.20. The van der Waals surface area contributed by atoms with E-state index in [4.69, 9.17) is 27.9 Å². The van der Waals surface area contributed by atoms with Crippen molar-refractivity contribution in [3.8, 4) is 0 Å². The highest BCUT2D eigenvalue weighted by Crippen LogP contribution is 2.49. The van der Waals surface area contributed by atoms with Gasteiger partial charge >= 0.3 is 5.97 Å². The topological polar surface area (TPSA) is 43.4 Å². The second-order valence-corrected chi connectivity index (χ2v) is 7.17. The summed E-state index contributed by atoms with van der Waals surface area (Å²) in [7, 11) is 0. The Labute approximate surface area is 139 Å². The Balaban J connectivity index is 1.48. The van der Waals surface area contributed by atoms with Crippen molar-refractivity contribution < 1.29 is 14.3 Å². The highest BCUT2D eigenvalue weighted by molar-refractivity contribution is 6.42. The Morgan fingerprint density at radius 1 is 1.14 bits per heavy atom.